The van der Waals surface area contributed by atoms with Gasteiger partial charge in [-0.1, -0.05) is 11.8 Å². The van der Waals surface area contributed by atoms with Gasteiger partial charge in [-0.3, -0.25) is 19.2 Å². The van der Waals surface area contributed by atoms with Crippen molar-refractivity contribution in [2.24, 2.45) is 0 Å². The molecule has 0 unspecified atom stereocenters. The smallest absolute Gasteiger partial charge is 0.303 e. The molecule has 1 rings (SSSR count). The molecule has 0 N–H and O–H groups in total. The Balaban J connectivity index is 3.18. The van der Waals surface area contributed by atoms with Crippen LogP contribution in [0, 0.1) is 0 Å². The number of methoxy groups -OCH3 is 1. The molecule has 142 valence electrons. The van der Waals surface area contributed by atoms with Crippen LogP contribution in [-0.2, 0) is 42.9 Å². The van der Waals surface area contributed by atoms with Crippen LogP contribution in [0.5, 0.6) is 0 Å². The molecule has 25 heavy (non-hydrogen) atoms. The largest absolute Gasteiger partial charge is 0.463 e. The molecule has 0 radical (unpaired) electrons. The van der Waals surface area contributed by atoms with E-state index in [9.17, 15) is 19.2 Å². The summed E-state index contributed by atoms with van der Waals surface area (Å²) < 4.78 is 26.3. The van der Waals surface area contributed by atoms with E-state index in [0.29, 0.717) is 0 Å². The summed E-state index contributed by atoms with van der Waals surface area (Å²) in [5.41, 5.74) is 0. The fourth-order valence-electron chi connectivity index (χ4n) is 2.38. The lowest BCUT2D eigenvalue weighted by atomic mass is 10.0. The predicted molar refractivity (Wildman–Crippen MR) is 85.5 cm³/mol. The number of rotatable bonds is 6. The van der Waals surface area contributed by atoms with E-state index in [1.165, 1.54) is 34.8 Å². The summed E-state index contributed by atoms with van der Waals surface area (Å²) in [4.78, 5) is 45.7. The second-order valence-corrected chi connectivity index (χ2v) is 6.66. The number of hydrogen-bond acceptors (Lipinski definition) is 10. The van der Waals surface area contributed by atoms with Crippen LogP contribution in [0.3, 0.4) is 0 Å². The maximum absolute atomic E-state index is 11.7. The minimum atomic E-state index is -1.02. The van der Waals surface area contributed by atoms with Gasteiger partial charge < -0.3 is 23.7 Å². The van der Waals surface area contributed by atoms with Crippen molar-refractivity contribution in [3.8, 4) is 0 Å². The molecule has 0 aromatic heterocycles. The van der Waals surface area contributed by atoms with Crippen molar-refractivity contribution < 1.29 is 42.9 Å². The van der Waals surface area contributed by atoms with Gasteiger partial charge in [0.25, 0.3) is 0 Å². The van der Waals surface area contributed by atoms with Gasteiger partial charge in [-0.05, 0) is 0 Å². The fourth-order valence-corrected chi connectivity index (χ4v) is 3.44. The first-order valence-electron chi connectivity index (χ1n) is 7.49. The first-order chi connectivity index (χ1) is 11.6. The third kappa shape index (κ3) is 6.63. The Morgan fingerprint density at radius 1 is 0.920 bits per heavy atom. The number of carbonyl (C=O) groups is 4. The molecule has 1 saturated heterocycles. The predicted octanol–water partition coefficient (Wildman–Crippen LogP) is 0.433. The van der Waals surface area contributed by atoms with Gasteiger partial charge in [0.1, 0.15) is 18.8 Å². The topological polar surface area (TPSA) is 114 Å². The van der Waals surface area contributed by atoms with Crippen LogP contribution >= 0.6 is 11.8 Å². The Hall–Kier alpha value is -1.65. The highest BCUT2D eigenvalue weighted by molar-refractivity contribution is 8.14. The van der Waals surface area contributed by atoms with Crippen LogP contribution in [0.15, 0.2) is 0 Å². The van der Waals surface area contributed by atoms with Crippen LogP contribution in [0.1, 0.15) is 27.7 Å². The van der Waals surface area contributed by atoms with E-state index in [0.717, 1.165) is 11.8 Å². The summed E-state index contributed by atoms with van der Waals surface area (Å²) in [5.74, 6) is -1.77. The van der Waals surface area contributed by atoms with E-state index in [4.69, 9.17) is 23.7 Å². The molecule has 5 atom stereocenters. The van der Waals surface area contributed by atoms with Crippen LogP contribution in [0.25, 0.3) is 0 Å². The zero-order chi connectivity index (χ0) is 19.1. The fraction of sp³-hybridized carbons (Fsp3) is 0.733. The Labute approximate surface area is 149 Å². The first kappa shape index (κ1) is 21.4. The summed E-state index contributed by atoms with van der Waals surface area (Å²) in [6.07, 6.45) is -3.88. The second-order valence-electron chi connectivity index (χ2n) is 5.30. The quantitative estimate of drug-likeness (QED) is 0.476. The minimum absolute atomic E-state index is 0.213. The highest BCUT2D eigenvalue weighted by Gasteiger charge is 2.51. The average molecular weight is 378 g/mol. The number of hydrogen-bond donors (Lipinski definition) is 0. The number of carbonyl (C=O) groups excluding carboxylic acids is 4. The van der Waals surface area contributed by atoms with Gasteiger partial charge in [0, 0.05) is 34.8 Å². The summed E-state index contributed by atoms with van der Waals surface area (Å²) >= 11 is 0.839. The van der Waals surface area contributed by atoms with E-state index in [2.05, 4.69) is 0 Å². The van der Waals surface area contributed by atoms with Crippen LogP contribution in [-0.4, -0.2) is 66.6 Å². The molecule has 0 aromatic rings. The normalized spacial score (nSPS) is 28.8. The molecule has 0 bridgehead atoms. The van der Waals surface area contributed by atoms with Gasteiger partial charge in [-0.25, -0.2) is 0 Å². The highest BCUT2D eigenvalue weighted by Crippen LogP contribution is 2.35. The third-order valence-electron chi connectivity index (χ3n) is 3.18. The Morgan fingerprint density at radius 3 is 1.92 bits per heavy atom. The van der Waals surface area contributed by atoms with E-state index < -0.39 is 47.8 Å². The molecular formula is C15H22O9S. The molecule has 9 nitrogen and oxygen atoms in total. The van der Waals surface area contributed by atoms with Crippen molar-refractivity contribution in [3.63, 3.8) is 0 Å². The molecular weight excluding hydrogens is 356 g/mol. The van der Waals surface area contributed by atoms with Crippen LogP contribution < -0.4 is 0 Å². The van der Waals surface area contributed by atoms with Crippen molar-refractivity contribution in [1.82, 2.24) is 0 Å². The Morgan fingerprint density at radius 2 is 1.48 bits per heavy atom. The molecule has 1 aliphatic heterocycles. The average Bonchev–Trinajstić information content (AvgIpc) is 2.48. The van der Waals surface area contributed by atoms with Crippen molar-refractivity contribution in [1.29, 1.82) is 0 Å². The van der Waals surface area contributed by atoms with E-state index in [-0.39, 0.29) is 11.7 Å². The molecule has 1 fully saturated rings. The summed E-state index contributed by atoms with van der Waals surface area (Å²) in [6.45, 7) is 4.74. The summed E-state index contributed by atoms with van der Waals surface area (Å²) in [7, 11) is 1.34. The van der Waals surface area contributed by atoms with Crippen molar-refractivity contribution in [2.45, 2.75) is 57.5 Å². The Kier molecular flexibility index (Phi) is 8.33. The van der Waals surface area contributed by atoms with Gasteiger partial charge in [0.2, 0.25) is 0 Å². The second kappa shape index (κ2) is 9.73. The number of thioether (sulfide) groups is 1. The van der Waals surface area contributed by atoms with Crippen molar-refractivity contribution >= 4 is 34.8 Å². The van der Waals surface area contributed by atoms with Crippen molar-refractivity contribution in [2.75, 3.05) is 13.7 Å². The van der Waals surface area contributed by atoms with Gasteiger partial charge in [0.15, 0.2) is 17.5 Å². The standard InChI is InChI=1S/C15H22O9S/c1-7(16)21-6-11-12(22-8(2)17)14(25-10(4)19)13(23-9(3)18)15(20-5)24-11/h11-15H,6H2,1-5H3/t11-,12-,13-,14-,15+/m1/s1. The molecule has 0 aliphatic carbocycles. The molecule has 0 amide bonds. The first-order valence-corrected chi connectivity index (χ1v) is 8.37. The zero-order valence-electron chi connectivity index (χ0n) is 14.7. The maximum Gasteiger partial charge on any atom is 0.303 e. The molecule has 1 heterocycles. The third-order valence-corrected chi connectivity index (χ3v) is 4.32. The maximum atomic E-state index is 11.7. The molecule has 0 spiro atoms. The van der Waals surface area contributed by atoms with Gasteiger partial charge in [-0.15, -0.1) is 0 Å². The number of ether oxygens (including phenoxy) is 5. The monoisotopic (exact) mass is 378 g/mol. The van der Waals surface area contributed by atoms with Crippen LogP contribution in [0.4, 0.5) is 0 Å². The van der Waals surface area contributed by atoms with E-state index >= 15 is 0 Å². The highest BCUT2D eigenvalue weighted by atomic mass is 32.2. The summed E-state index contributed by atoms with van der Waals surface area (Å²) in [6, 6.07) is 0. The lowest BCUT2D eigenvalue weighted by molar-refractivity contribution is -0.267. The minimum Gasteiger partial charge on any atom is -0.463 e. The molecule has 1 aliphatic rings. The number of esters is 3. The molecule has 0 saturated carbocycles. The van der Waals surface area contributed by atoms with Gasteiger partial charge in [-0.2, -0.15) is 0 Å². The van der Waals surface area contributed by atoms with Gasteiger partial charge >= 0.3 is 17.9 Å². The lowest BCUT2D eigenvalue weighted by Gasteiger charge is -2.43. The molecule has 0 aromatic carbocycles. The summed E-state index contributed by atoms with van der Waals surface area (Å²) in [5, 5.41) is -1.06. The Bertz CT molecular complexity index is 521. The zero-order valence-corrected chi connectivity index (χ0v) is 15.5. The SMILES string of the molecule is CO[C@H]1O[C@H](COC(C)=O)[C@@H](OC(C)=O)[C@@H](SC(C)=O)[C@H]1OC(C)=O. The molecule has 10 heteroatoms. The lowest BCUT2D eigenvalue weighted by Crippen LogP contribution is -2.60. The van der Waals surface area contributed by atoms with Crippen LogP contribution in [0.2, 0.25) is 0 Å². The van der Waals surface area contributed by atoms with E-state index in [1.807, 2.05) is 0 Å². The van der Waals surface area contributed by atoms with E-state index in [1.54, 1.807) is 0 Å². The van der Waals surface area contributed by atoms with Gasteiger partial charge in [0.05, 0.1) is 5.25 Å². The van der Waals surface area contributed by atoms with Crippen molar-refractivity contribution in [3.05, 3.63) is 0 Å².